The second-order valence-electron chi connectivity index (χ2n) is 6.94. The average molecular weight is 408 g/mol. The highest BCUT2D eigenvalue weighted by molar-refractivity contribution is 7.98. The van der Waals surface area contributed by atoms with E-state index in [0.29, 0.717) is 0 Å². The van der Waals surface area contributed by atoms with Gasteiger partial charge in [-0.1, -0.05) is 30.7 Å². The molecule has 27 heavy (non-hydrogen) atoms. The number of nitrogens with zero attached hydrogens (tertiary/aromatic N) is 1. The minimum atomic E-state index is 0.221. The number of rotatable bonds is 6. The fraction of sp³-hybridized carbons (Fsp3) is 0.455. The van der Waals surface area contributed by atoms with E-state index in [9.17, 15) is 5.11 Å². The van der Waals surface area contributed by atoms with Crippen molar-refractivity contribution in [3.63, 3.8) is 0 Å². The topological polar surface area (TPSA) is 32.7 Å². The SMILES string of the molecule is CC1CCN(C(CO)Cc2cccc(Cl)c2)C1.COc1ccc(SC)cc1. The predicted molar refractivity (Wildman–Crippen MR) is 116 cm³/mol. The third kappa shape index (κ3) is 7.38. The first-order valence-electron chi connectivity index (χ1n) is 9.33. The quantitative estimate of drug-likeness (QED) is 0.683. The van der Waals surface area contributed by atoms with Gasteiger partial charge in [0.1, 0.15) is 5.75 Å². The van der Waals surface area contributed by atoms with Crippen LogP contribution in [0.4, 0.5) is 0 Å². The highest BCUT2D eigenvalue weighted by Gasteiger charge is 2.25. The van der Waals surface area contributed by atoms with Crippen LogP contribution in [0.5, 0.6) is 5.75 Å². The summed E-state index contributed by atoms with van der Waals surface area (Å²) in [7, 11) is 1.67. The van der Waals surface area contributed by atoms with Gasteiger partial charge in [-0.2, -0.15) is 0 Å². The van der Waals surface area contributed by atoms with Crippen molar-refractivity contribution in [2.45, 2.75) is 30.7 Å². The van der Waals surface area contributed by atoms with Crippen LogP contribution in [0.15, 0.2) is 53.4 Å². The maximum Gasteiger partial charge on any atom is 0.118 e. The predicted octanol–water partition coefficient (Wildman–Crippen LogP) is 5.00. The van der Waals surface area contributed by atoms with E-state index in [0.717, 1.165) is 36.2 Å². The molecule has 1 aliphatic rings. The molecule has 0 aromatic heterocycles. The molecule has 2 aromatic carbocycles. The molecule has 0 amide bonds. The van der Waals surface area contributed by atoms with Crippen molar-refractivity contribution in [1.29, 1.82) is 0 Å². The van der Waals surface area contributed by atoms with Gasteiger partial charge in [0.05, 0.1) is 13.7 Å². The highest BCUT2D eigenvalue weighted by atomic mass is 35.5. The van der Waals surface area contributed by atoms with Crippen molar-refractivity contribution in [2.75, 3.05) is 33.1 Å². The maximum absolute atomic E-state index is 9.53. The average Bonchev–Trinajstić information content (AvgIpc) is 3.13. The Hall–Kier alpha value is -1.20. The largest absolute Gasteiger partial charge is 0.497 e. The molecule has 148 valence electrons. The lowest BCUT2D eigenvalue weighted by molar-refractivity contribution is 0.142. The summed E-state index contributed by atoms with van der Waals surface area (Å²) in [6, 6.07) is 16.2. The van der Waals surface area contributed by atoms with Gasteiger partial charge >= 0.3 is 0 Å². The van der Waals surface area contributed by atoms with Crippen LogP contribution in [0.25, 0.3) is 0 Å². The van der Waals surface area contributed by atoms with Crippen molar-refractivity contribution < 1.29 is 9.84 Å². The van der Waals surface area contributed by atoms with Crippen LogP contribution < -0.4 is 4.74 Å². The zero-order chi connectivity index (χ0) is 19.6. The Morgan fingerprint density at radius 2 is 2.00 bits per heavy atom. The number of hydrogen-bond acceptors (Lipinski definition) is 4. The molecule has 1 aliphatic heterocycles. The molecule has 1 N–H and O–H groups in total. The van der Waals surface area contributed by atoms with E-state index >= 15 is 0 Å². The maximum atomic E-state index is 9.53. The molecule has 3 rings (SSSR count). The lowest BCUT2D eigenvalue weighted by Crippen LogP contribution is -2.37. The minimum absolute atomic E-state index is 0.221. The van der Waals surface area contributed by atoms with Crippen LogP contribution in [0, 0.1) is 5.92 Å². The Labute approximate surface area is 172 Å². The summed E-state index contributed by atoms with van der Waals surface area (Å²) in [5, 5.41) is 10.3. The molecule has 1 saturated heterocycles. The second kappa shape index (κ2) is 11.6. The van der Waals surface area contributed by atoms with E-state index in [1.54, 1.807) is 18.9 Å². The number of aliphatic hydroxyl groups excluding tert-OH is 1. The van der Waals surface area contributed by atoms with Crippen LogP contribution in [-0.4, -0.2) is 49.1 Å². The molecule has 0 spiro atoms. The van der Waals surface area contributed by atoms with Gasteiger partial charge in [-0.05, 0) is 73.5 Å². The fourth-order valence-corrected chi connectivity index (χ4v) is 3.88. The summed E-state index contributed by atoms with van der Waals surface area (Å²) in [5.41, 5.74) is 1.20. The summed E-state index contributed by atoms with van der Waals surface area (Å²) in [6.45, 7) is 4.70. The van der Waals surface area contributed by atoms with Gasteiger partial charge < -0.3 is 9.84 Å². The molecular formula is C22H30ClNO2S. The van der Waals surface area contributed by atoms with Gasteiger partial charge in [-0.25, -0.2) is 0 Å². The lowest BCUT2D eigenvalue weighted by atomic mass is 10.1. The highest BCUT2D eigenvalue weighted by Crippen LogP contribution is 2.21. The van der Waals surface area contributed by atoms with Gasteiger partial charge in [0.25, 0.3) is 0 Å². The van der Waals surface area contributed by atoms with E-state index in [4.69, 9.17) is 16.3 Å². The van der Waals surface area contributed by atoms with E-state index in [1.165, 1.54) is 16.9 Å². The Kier molecular flexibility index (Phi) is 9.49. The van der Waals surface area contributed by atoms with E-state index in [-0.39, 0.29) is 12.6 Å². The van der Waals surface area contributed by atoms with Crippen molar-refractivity contribution in [2.24, 2.45) is 5.92 Å². The molecule has 2 aromatic rings. The molecule has 1 fully saturated rings. The number of methoxy groups -OCH3 is 1. The number of benzene rings is 2. The lowest BCUT2D eigenvalue weighted by Gasteiger charge is -2.26. The first-order chi connectivity index (χ1) is 13.0. The molecule has 5 heteroatoms. The van der Waals surface area contributed by atoms with Gasteiger partial charge in [-0.3, -0.25) is 4.90 Å². The number of halogens is 1. The third-order valence-corrected chi connectivity index (χ3v) is 5.82. The summed E-state index contributed by atoms with van der Waals surface area (Å²) in [5.74, 6) is 1.67. The molecule has 0 saturated carbocycles. The Morgan fingerprint density at radius 1 is 1.26 bits per heavy atom. The van der Waals surface area contributed by atoms with E-state index < -0.39 is 0 Å². The van der Waals surface area contributed by atoms with Crippen molar-refractivity contribution in [3.05, 3.63) is 59.1 Å². The standard InChI is InChI=1S/C14H20ClNO.C8H10OS/c1-11-5-6-16(9-11)14(10-17)8-12-3-2-4-13(15)7-12;1-9-7-3-5-8(10-2)6-4-7/h2-4,7,11,14,17H,5-6,8-10H2,1H3;3-6H,1-2H3. The Balaban J connectivity index is 0.000000223. The first-order valence-corrected chi connectivity index (χ1v) is 10.9. The minimum Gasteiger partial charge on any atom is -0.497 e. The van der Waals surface area contributed by atoms with Gasteiger partial charge in [0.15, 0.2) is 0 Å². The van der Waals surface area contributed by atoms with Crippen molar-refractivity contribution in [3.8, 4) is 5.75 Å². The molecule has 2 atom stereocenters. The molecule has 0 aliphatic carbocycles. The first kappa shape index (κ1) is 22.1. The smallest absolute Gasteiger partial charge is 0.118 e. The van der Waals surface area contributed by atoms with E-state index in [2.05, 4.69) is 24.1 Å². The van der Waals surface area contributed by atoms with Crippen molar-refractivity contribution >= 4 is 23.4 Å². The second-order valence-corrected chi connectivity index (χ2v) is 8.25. The zero-order valence-corrected chi connectivity index (χ0v) is 18.0. The molecule has 1 heterocycles. The number of hydrogen-bond donors (Lipinski definition) is 1. The van der Waals surface area contributed by atoms with Gasteiger partial charge in [0, 0.05) is 22.5 Å². The monoisotopic (exact) mass is 407 g/mol. The molecule has 0 bridgehead atoms. The van der Waals surface area contributed by atoms with Gasteiger partial charge in [0.2, 0.25) is 0 Å². The van der Waals surface area contributed by atoms with Crippen molar-refractivity contribution in [1.82, 2.24) is 4.90 Å². The van der Waals surface area contributed by atoms with Crippen LogP contribution in [0.2, 0.25) is 5.02 Å². The normalized spacial score (nSPS) is 17.9. The third-order valence-electron chi connectivity index (χ3n) is 4.84. The van der Waals surface area contributed by atoms with Crippen LogP contribution in [0.1, 0.15) is 18.9 Å². The molecular weight excluding hydrogens is 378 g/mol. The number of aliphatic hydroxyl groups is 1. The van der Waals surface area contributed by atoms with Crippen LogP contribution in [-0.2, 0) is 6.42 Å². The summed E-state index contributed by atoms with van der Waals surface area (Å²) >= 11 is 7.71. The fourth-order valence-electron chi connectivity index (χ4n) is 3.26. The van der Waals surface area contributed by atoms with Crippen LogP contribution in [0.3, 0.4) is 0 Å². The Bertz CT molecular complexity index is 657. The number of ether oxygens (including phenoxy) is 1. The van der Waals surface area contributed by atoms with Crippen LogP contribution >= 0.6 is 23.4 Å². The number of thioether (sulfide) groups is 1. The summed E-state index contributed by atoms with van der Waals surface area (Å²) in [6.07, 6.45) is 4.18. The molecule has 3 nitrogen and oxygen atoms in total. The number of likely N-dealkylation sites (tertiary alicyclic amines) is 1. The molecule has 2 unspecified atom stereocenters. The van der Waals surface area contributed by atoms with Gasteiger partial charge in [-0.15, -0.1) is 11.8 Å². The van der Waals surface area contributed by atoms with E-state index in [1.807, 2.05) is 42.5 Å². The zero-order valence-electron chi connectivity index (χ0n) is 16.4. The summed E-state index contributed by atoms with van der Waals surface area (Å²) < 4.78 is 5.00. The molecule has 0 radical (unpaired) electrons. The Morgan fingerprint density at radius 3 is 2.52 bits per heavy atom. The summed E-state index contributed by atoms with van der Waals surface area (Å²) in [4.78, 5) is 3.66.